The minimum absolute atomic E-state index is 0.0368. The third-order valence-electron chi connectivity index (χ3n) is 2.65. The molecule has 1 aromatic carbocycles. The Kier molecular flexibility index (Phi) is 5.43. The van der Waals surface area contributed by atoms with Crippen LogP contribution in [0.25, 0.3) is 0 Å². The molecule has 0 aliphatic carbocycles. The van der Waals surface area contributed by atoms with Gasteiger partial charge in [-0.3, -0.25) is 4.79 Å². The minimum atomic E-state index is -0.461. The third-order valence-corrected chi connectivity index (χ3v) is 2.65. The zero-order valence-electron chi connectivity index (χ0n) is 10.2. The number of amides is 1. The molecule has 0 aliphatic rings. The van der Waals surface area contributed by atoms with E-state index in [2.05, 4.69) is 11.9 Å². The van der Waals surface area contributed by atoms with Crippen molar-refractivity contribution in [2.24, 2.45) is 5.73 Å². The average Bonchev–Trinajstić information content (AvgIpc) is 2.36. The summed E-state index contributed by atoms with van der Waals surface area (Å²) in [5, 5.41) is 2.78. The van der Waals surface area contributed by atoms with Gasteiger partial charge in [0.15, 0.2) is 0 Å². The van der Waals surface area contributed by atoms with E-state index in [1.807, 2.05) is 37.3 Å². The summed E-state index contributed by atoms with van der Waals surface area (Å²) in [6.07, 6.45) is 3.15. The van der Waals surface area contributed by atoms with E-state index >= 15 is 0 Å². The van der Waals surface area contributed by atoms with Crippen molar-refractivity contribution in [2.75, 3.05) is 0 Å². The van der Waals surface area contributed by atoms with E-state index in [-0.39, 0.29) is 11.9 Å². The molecule has 3 nitrogen and oxygen atoms in total. The molecule has 0 heterocycles. The molecule has 1 unspecified atom stereocenters. The Hall–Kier alpha value is -1.61. The lowest BCUT2D eigenvalue weighted by Crippen LogP contribution is -2.44. The number of carbonyl (C=O) groups is 1. The van der Waals surface area contributed by atoms with E-state index in [1.165, 1.54) is 5.56 Å². The monoisotopic (exact) mass is 232 g/mol. The molecule has 0 saturated heterocycles. The van der Waals surface area contributed by atoms with Gasteiger partial charge in [0.2, 0.25) is 5.91 Å². The van der Waals surface area contributed by atoms with Crippen LogP contribution in [0, 0.1) is 0 Å². The molecule has 3 N–H and O–H groups in total. The summed E-state index contributed by atoms with van der Waals surface area (Å²) in [5.41, 5.74) is 7.02. The van der Waals surface area contributed by atoms with E-state index in [4.69, 9.17) is 5.73 Å². The number of hydrogen-bond donors (Lipinski definition) is 2. The first kappa shape index (κ1) is 13.5. The smallest absolute Gasteiger partial charge is 0.237 e. The summed E-state index contributed by atoms with van der Waals surface area (Å²) in [6, 6.07) is 9.53. The van der Waals surface area contributed by atoms with Gasteiger partial charge >= 0.3 is 0 Å². The molecule has 3 heteroatoms. The van der Waals surface area contributed by atoms with E-state index in [0.29, 0.717) is 6.42 Å². The molecule has 2 atom stereocenters. The second kappa shape index (κ2) is 6.86. The second-order valence-electron chi connectivity index (χ2n) is 4.16. The van der Waals surface area contributed by atoms with Gasteiger partial charge in [-0.15, -0.1) is 6.58 Å². The van der Waals surface area contributed by atoms with Crippen molar-refractivity contribution in [3.8, 4) is 0 Å². The summed E-state index contributed by atoms with van der Waals surface area (Å²) in [7, 11) is 0. The lowest BCUT2D eigenvalue weighted by atomic mass is 10.1. The lowest BCUT2D eigenvalue weighted by Gasteiger charge is -2.14. The van der Waals surface area contributed by atoms with Crippen molar-refractivity contribution in [1.29, 1.82) is 0 Å². The number of aryl methyl sites for hydroxylation is 1. The Morgan fingerprint density at radius 1 is 1.47 bits per heavy atom. The first-order valence-corrected chi connectivity index (χ1v) is 5.86. The van der Waals surface area contributed by atoms with Gasteiger partial charge in [0, 0.05) is 6.04 Å². The number of rotatable bonds is 6. The van der Waals surface area contributed by atoms with Crippen LogP contribution >= 0.6 is 0 Å². The van der Waals surface area contributed by atoms with Crippen molar-refractivity contribution in [3.63, 3.8) is 0 Å². The van der Waals surface area contributed by atoms with Crippen molar-refractivity contribution in [1.82, 2.24) is 5.32 Å². The van der Waals surface area contributed by atoms with E-state index < -0.39 is 6.04 Å². The van der Waals surface area contributed by atoms with Gasteiger partial charge in [0.05, 0.1) is 6.04 Å². The van der Waals surface area contributed by atoms with Gasteiger partial charge < -0.3 is 11.1 Å². The Morgan fingerprint density at radius 3 is 2.71 bits per heavy atom. The van der Waals surface area contributed by atoms with Gasteiger partial charge in [-0.25, -0.2) is 0 Å². The van der Waals surface area contributed by atoms with Crippen LogP contribution in [0.15, 0.2) is 43.0 Å². The molecule has 0 aromatic heterocycles. The molecule has 17 heavy (non-hydrogen) atoms. The van der Waals surface area contributed by atoms with Gasteiger partial charge in [-0.2, -0.15) is 0 Å². The lowest BCUT2D eigenvalue weighted by molar-refractivity contribution is -0.122. The van der Waals surface area contributed by atoms with Gasteiger partial charge in [-0.05, 0) is 25.3 Å². The molecule has 0 aliphatic heterocycles. The molecular formula is C14H20N2O. The van der Waals surface area contributed by atoms with Gasteiger partial charge in [0.25, 0.3) is 0 Å². The molecule has 92 valence electrons. The summed E-state index contributed by atoms with van der Waals surface area (Å²) in [6.45, 7) is 5.48. The highest BCUT2D eigenvalue weighted by atomic mass is 16.2. The van der Waals surface area contributed by atoms with Crippen LogP contribution in [0.1, 0.15) is 18.9 Å². The van der Waals surface area contributed by atoms with Crippen molar-refractivity contribution in [3.05, 3.63) is 48.6 Å². The topological polar surface area (TPSA) is 55.1 Å². The highest BCUT2D eigenvalue weighted by molar-refractivity contribution is 5.81. The SMILES string of the molecule is C=CC(C)NC(=O)[C@@H](N)CCc1ccccc1. The Labute approximate surface area is 103 Å². The second-order valence-corrected chi connectivity index (χ2v) is 4.16. The van der Waals surface area contributed by atoms with Crippen LogP contribution in [-0.2, 0) is 11.2 Å². The molecule has 0 bridgehead atoms. The van der Waals surface area contributed by atoms with Crippen LogP contribution in [0.3, 0.4) is 0 Å². The Morgan fingerprint density at radius 2 is 2.12 bits per heavy atom. The normalized spacial score (nSPS) is 13.8. The maximum absolute atomic E-state index is 11.6. The molecule has 1 amide bonds. The maximum atomic E-state index is 11.6. The highest BCUT2D eigenvalue weighted by Gasteiger charge is 2.14. The number of hydrogen-bond acceptors (Lipinski definition) is 2. The molecule has 0 saturated carbocycles. The number of benzene rings is 1. The molecule has 1 rings (SSSR count). The van der Waals surface area contributed by atoms with Crippen LogP contribution in [0.4, 0.5) is 0 Å². The molecular weight excluding hydrogens is 212 g/mol. The van der Waals surface area contributed by atoms with Crippen molar-refractivity contribution >= 4 is 5.91 Å². The summed E-state index contributed by atoms with van der Waals surface area (Å²) in [5.74, 6) is -0.117. The fourth-order valence-corrected chi connectivity index (χ4v) is 1.49. The minimum Gasteiger partial charge on any atom is -0.349 e. The standard InChI is InChI=1S/C14H20N2O/c1-3-11(2)16-14(17)13(15)10-9-12-7-5-4-6-8-12/h3-8,11,13H,1,9-10,15H2,2H3,(H,16,17)/t11?,13-/m0/s1. The van der Waals surface area contributed by atoms with Crippen LogP contribution in [-0.4, -0.2) is 18.0 Å². The number of carbonyl (C=O) groups excluding carboxylic acids is 1. The van der Waals surface area contributed by atoms with E-state index in [9.17, 15) is 4.79 Å². The average molecular weight is 232 g/mol. The van der Waals surface area contributed by atoms with Crippen molar-refractivity contribution < 1.29 is 4.79 Å². The van der Waals surface area contributed by atoms with Crippen LogP contribution < -0.4 is 11.1 Å². The maximum Gasteiger partial charge on any atom is 0.237 e. The third kappa shape index (κ3) is 4.83. The fraction of sp³-hybridized carbons (Fsp3) is 0.357. The van der Waals surface area contributed by atoms with Gasteiger partial charge in [0.1, 0.15) is 0 Å². The number of nitrogens with one attached hydrogen (secondary N) is 1. The molecule has 0 fully saturated rings. The van der Waals surface area contributed by atoms with E-state index in [0.717, 1.165) is 6.42 Å². The first-order valence-electron chi connectivity index (χ1n) is 5.86. The molecule has 0 radical (unpaired) electrons. The summed E-state index contributed by atoms with van der Waals surface area (Å²) < 4.78 is 0. The van der Waals surface area contributed by atoms with Crippen molar-refractivity contribution in [2.45, 2.75) is 31.8 Å². The zero-order chi connectivity index (χ0) is 12.7. The predicted molar refractivity (Wildman–Crippen MR) is 70.5 cm³/mol. The fourth-order valence-electron chi connectivity index (χ4n) is 1.49. The predicted octanol–water partition coefficient (Wildman–Crippen LogP) is 1.64. The largest absolute Gasteiger partial charge is 0.349 e. The first-order chi connectivity index (χ1) is 8.13. The molecule has 1 aromatic rings. The highest BCUT2D eigenvalue weighted by Crippen LogP contribution is 2.04. The number of nitrogens with two attached hydrogens (primary N) is 1. The summed E-state index contributed by atoms with van der Waals surface area (Å²) in [4.78, 5) is 11.6. The van der Waals surface area contributed by atoms with Crippen LogP contribution in [0.2, 0.25) is 0 Å². The quantitative estimate of drug-likeness (QED) is 0.733. The Bertz CT molecular complexity index is 362. The summed E-state index contributed by atoms with van der Waals surface area (Å²) >= 11 is 0. The van der Waals surface area contributed by atoms with E-state index in [1.54, 1.807) is 6.08 Å². The molecule has 0 spiro atoms. The van der Waals surface area contributed by atoms with Crippen LogP contribution in [0.5, 0.6) is 0 Å². The Balaban J connectivity index is 2.36. The van der Waals surface area contributed by atoms with Gasteiger partial charge in [-0.1, -0.05) is 36.4 Å². The zero-order valence-corrected chi connectivity index (χ0v) is 10.2.